The molecule has 4 rings (SSSR count). The van der Waals surface area contributed by atoms with Crippen LogP contribution < -0.4 is 24.7 Å². The van der Waals surface area contributed by atoms with Crippen molar-refractivity contribution in [1.29, 1.82) is 5.26 Å². The third kappa shape index (κ3) is 5.44. The zero-order valence-corrected chi connectivity index (χ0v) is 20.3. The van der Waals surface area contributed by atoms with Crippen LogP contribution in [-0.4, -0.2) is 19.7 Å². The summed E-state index contributed by atoms with van der Waals surface area (Å²) in [4.78, 5) is 12.5. The van der Waals surface area contributed by atoms with Crippen LogP contribution in [0.5, 0.6) is 23.0 Å². The third-order valence-electron chi connectivity index (χ3n) is 5.92. The standard InChI is InChI=1S/C29H28N2O5/c1-3-4-15-34-25-8-6-5-7-22(25)28-23-14-13-21(17-26(23)36-29(31)24(28)18-30)35-27(32)16-19-9-11-20(33-2)12-10-19/h5-14,17,28H,3-4,15-16,31H2,1-2H3. The number of carbonyl (C=O) groups is 1. The Labute approximate surface area is 210 Å². The maximum absolute atomic E-state index is 12.5. The van der Waals surface area contributed by atoms with Gasteiger partial charge in [-0.3, -0.25) is 4.79 Å². The zero-order valence-electron chi connectivity index (χ0n) is 20.3. The molecular formula is C29H28N2O5. The van der Waals surface area contributed by atoms with Gasteiger partial charge in [-0.25, -0.2) is 0 Å². The van der Waals surface area contributed by atoms with Gasteiger partial charge in [0.1, 0.15) is 34.6 Å². The van der Waals surface area contributed by atoms with Gasteiger partial charge < -0.3 is 24.7 Å². The number of nitrogens with two attached hydrogens (primary N) is 1. The highest BCUT2D eigenvalue weighted by molar-refractivity contribution is 5.75. The number of para-hydroxylation sites is 1. The van der Waals surface area contributed by atoms with Crippen molar-refractivity contribution in [2.75, 3.05) is 13.7 Å². The minimum Gasteiger partial charge on any atom is -0.497 e. The number of nitriles is 1. The molecule has 0 aliphatic carbocycles. The first-order valence-electron chi connectivity index (χ1n) is 11.8. The molecule has 0 saturated heterocycles. The summed E-state index contributed by atoms with van der Waals surface area (Å²) in [5.41, 5.74) is 8.83. The molecule has 0 aromatic heterocycles. The Kier molecular flexibility index (Phi) is 7.76. The normalized spacial score (nSPS) is 14.3. The maximum atomic E-state index is 12.5. The van der Waals surface area contributed by atoms with E-state index in [9.17, 15) is 10.1 Å². The molecule has 2 N–H and O–H groups in total. The Morgan fingerprint density at radius 2 is 1.81 bits per heavy atom. The molecule has 0 amide bonds. The fourth-order valence-corrected chi connectivity index (χ4v) is 4.07. The van der Waals surface area contributed by atoms with Gasteiger partial charge in [0.2, 0.25) is 5.88 Å². The van der Waals surface area contributed by atoms with E-state index >= 15 is 0 Å². The van der Waals surface area contributed by atoms with Crippen LogP contribution in [0, 0.1) is 11.3 Å². The molecule has 1 aliphatic heterocycles. The minimum atomic E-state index is -0.472. The molecule has 3 aromatic rings. The van der Waals surface area contributed by atoms with Gasteiger partial charge in [-0.2, -0.15) is 5.26 Å². The Bertz CT molecular complexity index is 1310. The lowest BCUT2D eigenvalue weighted by molar-refractivity contribution is -0.133. The predicted molar refractivity (Wildman–Crippen MR) is 135 cm³/mol. The number of carbonyl (C=O) groups excluding carboxylic acids is 1. The minimum absolute atomic E-state index is 0.0140. The summed E-state index contributed by atoms with van der Waals surface area (Å²) in [5.74, 6) is 1.29. The van der Waals surface area contributed by atoms with Gasteiger partial charge in [0.25, 0.3) is 0 Å². The van der Waals surface area contributed by atoms with Crippen LogP contribution in [0.15, 0.2) is 78.2 Å². The third-order valence-corrected chi connectivity index (χ3v) is 5.92. The SMILES string of the molecule is CCCCOc1ccccc1C1C(C#N)=C(N)Oc2cc(OC(=O)Cc3ccc(OC)cc3)ccc21. The predicted octanol–water partition coefficient (Wildman–Crippen LogP) is 5.24. The van der Waals surface area contributed by atoms with Crippen molar-refractivity contribution in [3.63, 3.8) is 0 Å². The van der Waals surface area contributed by atoms with Gasteiger partial charge in [-0.15, -0.1) is 0 Å². The van der Waals surface area contributed by atoms with Crippen LogP contribution in [0.2, 0.25) is 0 Å². The molecule has 1 unspecified atom stereocenters. The quantitative estimate of drug-likeness (QED) is 0.252. The average Bonchev–Trinajstić information content (AvgIpc) is 2.88. The molecule has 0 radical (unpaired) electrons. The van der Waals surface area contributed by atoms with E-state index in [4.69, 9.17) is 24.7 Å². The Balaban J connectivity index is 1.59. The van der Waals surface area contributed by atoms with Crippen LogP contribution >= 0.6 is 0 Å². The molecule has 0 bridgehead atoms. The van der Waals surface area contributed by atoms with Gasteiger partial charge >= 0.3 is 5.97 Å². The molecule has 7 heteroatoms. The molecule has 0 saturated carbocycles. The van der Waals surface area contributed by atoms with Gasteiger partial charge in [0.05, 0.1) is 26.1 Å². The number of ether oxygens (including phenoxy) is 4. The van der Waals surface area contributed by atoms with Crippen LogP contribution in [0.4, 0.5) is 0 Å². The van der Waals surface area contributed by atoms with Crippen molar-refractivity contribution in [3.8, 4) is 29.1 Å². The number of rotatable bonds is 9. The van der Waals surface area contributed by atoms with E-state index in [0.29, 0.717) is 35.2 Å². The lowest BCUT2D eigenvalue weighted by Gasteiger charge is -2.28. The van der Waals surface area contributed by atoms with Gasteiger partial charge in [-0.05, 0) is 36.2 Å². The Morgan fingerprint density at radius 3 is 2.53 bits per heavy atom. The van der Waals surface area contributed by atoms with E-state index in [1.165, 1.54) is 0 Å². The highest BCUT2D eigenvalue weighted by Gasteiger charge is 2.33. The molecule has 1 atom stereocenters. The highest BCUT2D eigenvalue weighted by Crippen LogP contribution is 2.45. The summed E-state index contributed by atoms with van der Waals surface area (Å²) in [7, 11) is 1.59. The summed E-state index contributed by atoms with van der Waals surface area (Å²) in [6.07, 6.45) is 2.04. The summed E-state index contributed by atoms with van der Waals surface area (Å²) >= 11 is 0. The monoisotopic (exact) mass is 484 g/mol. The summed E-state index contributed by atoms with van der Waals surface area (Å²) < 4.78 is 22.5. The Morgan fingerprint density at radius 1 is 1.06 bits per heavy atom. The fraction of sp³-hybridized carbons (Fsp3) is 0.241. The van der Waals surface area contributed by atoms with Crippen molar-refractivity contribution in [3.05, 3.63) is 94.9 Å². The molecule has 184 valence electrons. The van der Waals surface area contributed by atoms with E-state index < -0.39 is 11.9 Å². The average molecular weight is 485 g/mol. The molecule has 7 nitrogen and oxygen atoms in total. The second-order valence-electron chi connectivity index (χ2n) is 8.36. The number of hydrogen-bond acceptors (Lipinski definition) is 7. The first kappa shape index (κ1) is 24.7. The smallest absolute Gasteiger partial charge is 0.315 e. The molecule has 0 fully saturated rings. The number of fused-ring (bicyclic) bond motifs is 1. The molecule has 1 aliphatic rings. The first-order valence-corrected chi connectivity index (χ1v) is 11.8. The number of esters is 1. The first-order chi connectivity index (χ1) is 17.5. The number of benzene rings is 3. The molecule has 1 heterocycles. The fourth-order valence-electron chi connectivity index (χ4n) is 4.07. The van der Waals surface area contributed by atoms with E-state index in [2.05, 4.69) is 13.0 Å². The highest BCUT2D eigenvalue weighted by atomic mass is 16.5. The molecule has 3 aromatic carbocycles. The van der Waals surface area contributed by atoms with Gasteiger partial charge in [0.15, 0.2) is 0 Å². The van der Waals surface area contributed by atoms with Gasteiger partial charge in [-0.1, -0.05) is 49.7 Å². The van der Waals surface area contributed by atoms with Crippen LogP contribution in [0.1, 0.15) is 42.4 Å². The second kappa shape index (κ2) is 11.3. The lowest BCUT2D eigenvalue weighted by Crippen LogP contribution is -2.21. The van der Waals surface area contributed by atoms with Crippen molar-refractivity contribution in [2.45, 2.75) is 32.1 Å². The second-order valence-corrected chi connectivity index (χ2v) is 8.36. The largest absolute Gasteiger partial charge is 0.497 e. The van der Waals surface area contributed by atoms with Crippen molar-refractivity contribution in [1.82, 2.24) is 0 Å². The number of hydrogen-bond donors (Lipinski definition) is 1. The molecule has 0 spiro atoms. The van der Waals surface area contributed by atoms with Crippen LogP contribution in [0.3, 0.4) is 0 Å². The van der Waals surface area contributed by atoms with E-state index in [0.717, 1.165) is 29.5 Å². The van der Waals surface area contributed by atoms with E-state index in [1.807, 2.05) is 36.4 Å². The number of nitrogens with zero attached hydrogens (tertiary/aromatic N) is 1. The van der Waals surface area contributed by atoms with E-state index in [-0.39, 0.29) is 12.3 Å². The number of allylic oxidation sites excluding steroid dienone is 1. The number of unbranched alkanes of at least 4 members (excludes halogenated alkanes) is 1. The molecule has 36 heavy (non-hydrogen) atoms. The summed E-state index contributed by atoms with van der Waals surface area (Å²) in [6.45, 7) is 2.68. The van der Waals surface area contributed by atoms with Crippen molar-refractivity contribution >= 4 is 5.97 Å². The van der Waals surface area contributed by atoms with Crippen LogP contribution in [0.25, 0.3) is 0 Å². The van der Waals surface area contributed by atoms with Crippen molar-refractivity contribution in [2.24, 2.45) is 5.73 Å². The lowest BCUT2D eigenvalue weighted by atomic mass is 9.83. The van der Waals surface area contributed by atoms with E-state index in [1.54, 1.807) is 37.4 Å². The zero-order chi connectivity index (χ0) is 25.5. The summed E-state index contributed by atoms with van der Waals surface area (Å²) in [5, 5.41) is 9.88. The van der Waals surface area contributed by atoms with Crippen molar-refractivity contribution < 1.29 is 23.7 Å². The maximum Gasteiger partial charge on any atom is 0.315 e. The molecular weight excluding hydrogens is 456 g/mol. The van der Waals surface area contributed by atoms with Crippen LogP contribution in [-0.2, 0) is 11.2 Å². The summed E-state index contributed by atoms with van der Waals surface area (Å²) in [6, 6.07) is 22.1. The topological polar surface area (TPSA) is 104 Å². The van der Waals surface area contributed by atoms with Gasteiger partial charge in [0, 0.05) is 17.2 Å². The Hall–Kier alpha value is -4.44. The number of methoxy groups -OCH3 is 1.